The first-order valence-electron chi connectivity index (χ1n) is 16.2. The summed E-state index contributed by atoms with van der Waals surface area (Å²) in [6.07, 6.45) is 0.150. The van der Waals surface area contributed by atoms with E-state index in [1.54, 1.807) is 13.0 Å². The fraction of sp³-hybridized carbons (Fsp3) is 0.529. The molecule has 0 saturated carbocycles. The van der Waals surface area contributed by atoms with E-state index < -0.39 is 48.3 Å². The maximum Gasteiger partial charge on any atom is 0.407 e. The Morgan fingerprint density at radius 2 is 1.75 bits per heavy atom. The van der Waals surface area contributed by atoms with Crippen LogP contribution in [-0.2, 0) is 46.4 Å². The maximum atomic E-state index is 13.0. The molecule has 14 nitrogen and oxygen atoms in total. The van der Waals surface area contributed by atoms with Crippen molar-refractivity contribution in [3.05, 3.63) is 59.7 Å². The first kappa shape index (κ1) is 34.8. The quantitative estimate of drug-likeness (QED) is 0.222. The number of nitrogens with one attached hydrogen (secondary N) is 3. The van der Waals surface area contributed by atoms with Crippen LogP contribution in [0.5, 0.6) is 11.5 Å². The SMILES string of the molecule is COC(=O)[C@H](C)NC(=O)CC[C@@H]1C[C@@H](OC(=O)NCc2cccc3c2OCO3)C[C@@]2(CCC[C@H](COC(=O)NCc3ccccc3)O2)O1. The van der Waals surface area contributed by atoms with Crippen molar-refractivity contribution in [3.8, 4) is 11.5 Å². The zero-order chi connectivity index (χ0) is 33.9. The second-order valence-corrected chi connectivity index (χ2v) is 12.0. The number of benzene rings is 2. The minimum Gasteiger partial charge on any atom is -0.467 e. The van der Waals surface area contributed by atoms with Gasteiger partial charge in [0.25, 0.3) is 0 Å². The van der Waals surface area contributed by atoms with Gasteiger partial charge in [0.05, 0.1) is 19.3 Å². The molecule has 2 aromatic rings. The van der Waals surface area contributed by atoms with E-state index in [-0.39, 0.29) is 38.7 Å². The van der Waals surface area contributed by atoms with Crippen molar-refractivity contribution in [2.45, 2.75) is 95.1 Å². The Hall–Kier alpha value is -4.56. The number of ether oxygens (including phenoxy) is 7. The van der Waals surface area contributed by atoms with Crippen molar-refractivity contribution in [2.75, 3.05) is 20.5 Å². The molecule has 3 aliphatic rings. The lowest BCUT2D eigenvalue weighted by molar-refractivity contribution is -0.329. The third kappa shape index (κ3) is 9.73. The standard InChI is InChI=1S/C34H43N3O11/c1-22(31(39)42-2)37-29(38)14-13-25-16-27(46-33(41)36-19-24-10-6-12-28-30(24)45-21-44-28)17-34(47-25)15-7-11-26(48-34)20-43-32(40)35-18-23-8-4-3-5-9-23/h3-6,8-10,12,22,25-27H,7,11,13-21H2,1-2H3,(H,35,40)(H,36,41)(H,37,38)/t22-,25+,26+,27+,34-/m0/s1. The van der Waals surface area contributed by atoms with Gasteiger partial charge in [0.15, 0.2) is 17.3 Å². The summed E-state index contributed by atoms with van der Waals surface area (Å²) in [5, 5.41) is 8.15. The van der Waals surface area contributed by atoms with Gasteiger partial charge >= 0.3 is 18.2 Å². The molecule has 0 bridgehead atoms. The molecule has 260 valence electrons. The Morgan fingerprint density at radius 1 is 0.958 bits per heavy atom. The number of carbonyl (C=O) groups is 4. The monoisotopic (exact) mass is 669 g/mol. The van der Waals surface area contributed by atoms with Crippen molar-refractivity contribution >= 4 is 24.1 Å². The van der Waals surface area contributed by atoms with E-state index in [0.717, 1.165) is 17.5 Å². The predicted molar refractivity (Wildman–Crippen MR) is 169 cm³/mol. The van der Waals surface area contributed by atoms with Gasteiger partial charge in [0.2, 0.25) is 12.7 Å². The molecule has 1 spiro atoms. The summed E-state index contributed by atoms with van der Waals surface area (Å²) in [6.45, 7) is 2.18. The third-order valence-corrected chi connectivity index (χ3v) is 8.39. The van der Waals surface area contributed by atoms with Gasteiger partial charge in [0, 0.05) is 44.3 Å². The van der Waals surface area contributed by atoms with Gasteiger partial charge in [-0.2, -0.15) is 0 Å². The van der Waals surface area contributed by atoms with Crippen molar-refractivity contribution in [1.29, 1.82) is 0 Å². The van der Waals surface area contributed by atoms with Crippen LogP contribution in [0.1, 0.15) is 63.0 Å². The molecule has 3 amide bonds. The highest BCUT2D eigenvalue weighted by Gasteiger charge is 2.47. The molecule has 14 heteroatoms. The number of esters is 1. The first-order valence-corrected chi connectivity index (χ1v) is 16.2. The van der Waals surface area contributed by atoms with E-state index in [0.29, 0.717) is 43.7 Å². The molecule has 0 aliphatic carbocycles. The maximum absolute atomic E-state index is 13.0. The van der Waals surface area contributed by atoms with Gasteiger partial charge in [0.1, 0.15) is 18.8 Å². The second kappa shape index (κ2) is 16.5. The Labute approximate surface area is 279 Å². The average molecular weight is 670 g/mol. The molecule has 0 radical (unpaired) electrons. The van der Waals surface area contributed by atoms with Crippen LogP contribution in [0.15, 0.2) is 48.5 Å². The van der Waals surface area contributed by atoms with E-state index in [1.165, 1.54) is 7.11 Å². The van der Waals surface area contributed by atoms with E-state index >= 15 is 0 Å². The Kier molecular flexibility index (Phi) is 12.0. The van der Waals surface area contributed by atoms with Crippen LogP contribution in [0.25, 0.3) is 0 Å². The molecular formula is C34H43N3O11. The van der Waals surface area contributed by atoms with Gasteiger partial charge in [-0.15, -0.1) is 0 Å². The van der Waals surface area contributed by atoms with Gasteiger partial charge in [-0.3, -0.25) is 4.79 Å². The molecule has 5 atom stereocenters. The molecule has 3 aliphatic heterocycles. The summed E-state index contributed by atoms with van der Waals surface area (Å²) in [7, 11) is 1.25. The van der Waals surface area contributed by atoms with Gasteiger partial charge in [-0.1, -0.05) is 42.5 Å². The van der Waals surface area contributed by atoms with Crippen molar-refractivity contribution in [1.82, 2.24) is 16.0 Å². The number of fused-ring (bicyclic) bond motifs is 1. The summed E-state index contributed by atoms with van der Waals surface area (Å²) >= 11 is 0. The minimum atomic E-state index is -1.11. The number of amides is 3. The van der Waals surface area contributed by atoms with Crippen LogP contribution in [0.3, 0.4) is 0 Å². The second-order valence-electron chi connectivity index (χ2n) is 12.0. The highest BCUT2D eigenvalue weighted by Crippen LogP contribution is 2.41. The normalized spacial score (nSPS) is 23.4. The van der Waals surface area contributed by atoms with E-state index in [4.69, 9.17) is 28.4 Å². The fourth-order valence-electron chi connectivity index (χ4n) is 6.09. The summed E-state index contributed by atoms with van der Waals surface area (Å²) < 4.78 is 39.9. The lowest BCUT2D eigenvalue weighted by atomic mass is 9.90. The molecule has 2 aromatic carbocycles. The first-order chi connectivity index (χ1) is 23.2. The Bertz CT molecular complexity index is 1420. The smallest absolute Gasteiger partial charge is 0.407 e. The van der Waals surface area contributed by atoms with Crippen LogP contribution in [0.2, 0.25) is 0 Å². The zero-order valence-corrected chi connectivity index (χ0v) is 27.2. The number of para-hydroxylation sites is 1. The fourth-order valence-corrected chi connectivity index (χ4v) is 6.09. The average Bonchev–Trinajstić information content (AvgIpc) is 3.58. The van der Waals surface area contributed by atoms with Crippen molar-refractivity contribution in [2.24, 2.45) is 0 Å². The van der Waals surface area contributed by atoms with Crippen LogP contribution in [0, 0.1) is 0 Å². The Morgan fingerprint density at radius 3 is 2.56 bits per heavy atom. The summed E-state index contributed by atoms with van der Waals surface area (Å²) in [5.74, 6) is -0.802. The molecule has 2 saturated heterocycles. The molecule has 0 aromatic heterocycles. The highest BCUT2D eigenvalue weighted by atomic mass is 16.7. The number of carbonyl (C=O) groups excluding carboxylic acids is 4. The predicted octanol–water partition coefficient (Wildman–Crippen LogP) is 3.84. The molecule has 3 N–H and O–H groups in total. The van der Waals surface area contributed by atoms with E-state index in [2.05, 4.69) is 20.7 Å². The highest BCUT2D eigenvalue weighted by molar-refractivity contribution is 5.84. The van der Waals surface area contributed by atoms with Crippen LogP contribution >= 0.6 is 0 Å². The number of alkyl carbamates (subject to hydrolysis) is 2. The summed E-state index contributed by atoms with van der Waals surface area (Å²) in [4.78, 5) is 49.7. The number of hydrogen-bond acceptors (Lipinski definition) is 11. The van der Waals surface area contributed by atoms with Gasteiger partial charge in [-0.05, 0) is 37.8 Å². The molecule has 0 unspecified atom stereocenters. The zero-order valence-electron chi connectivity index (χ0n) is 27.2. The Balaban J connectivity index is 1.18. The molecule has 2 fully saturated rings. The topological polar surface area (TPSA) is 169 Å². The molecular weight excluding hydrogens is 626 g/mol. The van der Waals surface area contributed by atoms with Crippen LogP contribution in [0.4, 0.5) is 9.59 Å². The van der Waals surface area contributed by atoms with Crippen molar-refractivity contribution in [3.63, 3.8) is 0 Å². The van der Waals surface area contributed by atoms with E-state index in [9.17, 15) is 19.2 Å². The molecule has 48 heavy (non-hydrogen) atoms. The van der Waals surface area contributed by atoms with Gasteiger partial charge in [-0.25, -0.2) is 14.4 Å². The summed E-state index contributed by atoms with van der Waals surface area (Å²) in [5.41, 5.74) is 1.70. The van der Waals surface area contributed by atoms with Crippen LogP contribution in [-0.4, -0.2) is 74.7 Å². The third-order valence-electron chi connectivity index (χ3n) is 8.39. The number of hydrogen-bond donors (Lipinski definition) is 3. The lowest BCUT2D eigenvalue weighted by Gasteiger charge is -2.47. The minimum absolute atomic E-state index is 0.0173. The van der Waals surface area contributed by atoms with Crippen LogP contribution < -0.4 is 25.4 Å². The number of rotatable bonds is 12. The molecule has 3 heterocycles. The van der Waals surface area contributed by atoms with Gasteiger partial charge < -0.3 is 49.1 Å². The van der Waals surface area contributed by atoms with Crippen molar-refractivity contribution < 1.29 is 52.3 Å². The van der Waals surface area contributed by atoms with E-state index in [1.807, 2.05) is 42.5 Å². The largest absolute Gasteiger partial charge is 0.467 e. The molecule has 5 rings (SSSR count). The number of methoxy groups -OCH3 is 1. The summed E-state index contributed by atoms with van der Waals surface area (Å²) in [6, 6.07) is 14.1. The lowest BCUT2D eigenvalue weighted by Crippen LogP contribution is -2.53.